The zero-order chi connectivity index (χ0) is 12.3. The van der Waals surface area contributed by atoms with E-state index in [4.69, 9.17) is 5.73 Å². The molecule has 1 atom stereocenters. The monoisotopic (exact) mass is 229 g/mol. The predicted octanol–water partition coefficient (Wildman–Crippen LogP) is 2.01. The van der Waals surface area contributed by atoms with Crippen LogP contribution in [0.25, 0.3) is 10.9 Å². The van der Waals surface area contributed by atoms with Crippen molar-refractivity contribution in [1.29, 1.82) is 0 Å². The van der Waals surface area contributed by atoms with Crippen LogP contribution in [0.2, 0.25) is 0 Å². The van der Waals surface area contributed by atoms with E-state index in [0.717, 1.165) is 12.1 Å². The molecule has 3 heteroatoms. The van der Waals surface area contributed by atoms with Gasteiger partial charge in [0.25, 0.3) is 0 Å². The molecular formula is C14H19N3. The predicted molar refractivity (Wildman–Crippen MR) is 71.7 cm³/mol. The Labute approximate surface area is 102 Å². The van der Waals surface area contributed by atoms with Crippen LogP contribution in [-0.4, -0.2) is 29.5 Å². The quantitative estimate of drug-likeness (QED) is 0.872. The molecule has 3 nitrogen and oxygen atoms in total. The number of benzene rings is 1. The van der Waals surface area contributed by atoms with Crippen molar-refractivity contribution in [2.45, 2.75) is 19.5 Å². The second-order valence-electron chi connectivity index (χ2n) is 4.49. The van der Waals surface area contributed by atoms with Crippen LogP contribution in [0.15, 0.2) is 36.5 Å². The molecule has 0 saturated heterocycles. The molecule has 90 valence electrons. The third-order valence-corrected chi connectivity index (χ3v) is 3.23. The van der Waals surface area contributed by atoms with Crippen LogP contribution in [0.4, 0.5) is 0 Å². The minimum absolute atomic E-state index is 0.383. The van der Waals surface area contributed by atoms with E-state index in [9.17, 15) is 0 Å². The molecule has 0 amide bonds. The van der Waals surface area contributed by atoms with Gasteiger partial charge in [0.2, 0.25) is 0 Å². The minimum atomic E-state index is 0.383. The fourth-order valence-electron chi connectivity index (χ4n) is 1.90. The molecule has 0 saturated carbocycles. The van der Waals surface area contributed by atoms with Gasteiger partial charge >= 0.3 is 0 Å². The summed E-state index contributed by atoms with van der Waals surface area (Å²) >= 11 is 0. The first-order valence-electron chi connectivity index (χ1n) is 5.95. The molecule has 1 aromatic carbocycles. The van der Waals surface area contributed by atoms with Gasteiger partial charge in [0.05, 0.1) is 5.52 Å². The lowest BCUT2D eigenvalue weighted by molar-refractivity contribution is 0.255. The number of fused-ring (bicyclic) bond motifs is 1. The first-order valence-corrected chi connectivity index (χ1v) is 5.95. The van der Waals surface area contributed by atoms with E-state index in [-0.39, 0.29) is 0 Å². The Morgan fingerprint density at radius 3 is 2.82 bits per heavy atom. The van der Waals surface area contributed by atoms with Crippen molar-refractivity contribution >= 4 is 10.9 Å². The lowest BCUT2D eigenvalue weighted by Gasteiger charge is -2.23. The highest BCUT2D eigenvalue weighted by Crippen LogP contribution is 2.17. The number of nitrogens with two attached hydrogens (primary N) is 1. The normalized spacial score (nSPS) is 13.2. The smallest absolute Gasteiger partial charge is 0.0746 e. The number of nitrogens with zero attached hydrogens (tertiary/aromatic N) is 2. The maximum absolute atomic E-state index is 5.68. The topological polar surface area (TPSA) is 42.1 Å². The number of likely N-dealkylation sites (N-methyl/N-ethyl adjacent to an activating group) is 1. The molecule has 0 aliphatic heterocycles. The van der Waals surface area contributed by atoms with Crippen molar-refractivity contribution < 1.29 is 0 Å². The lowest BCUT2D eigenvalue weighted by atomic mass is 10.1. The Kier molecular flexibility index (Phi) is 3.71. The average Bonchev–Trinajstić information content (AvgIpc) is 2.38. The van der Waals surface area contributed by atoms with Gasteiger partial charge in [-0.3, -0.25) is 9.88 Å². The summed E-state index contributed by atoms with van der Waals surface area (Å²) in [6.45, 7) is 3.69. The van der Waals surface area contributed by atoms with Gasteiger partial charge in [-0.15, -0.1) is 0 Å². The molecule has 0 spiro atoms. The van der Waals surface area contributed by atoms with Crippen LogP contribution in [-0.2, 0) is 6.54 Å². The van der Waals surface area contributed by atoms with Crippen molar-refractivity contribution in [3.63, 3.8) is 0 Å². The fourth-order valence-corrected chi connectivity index (χ4v) is 1.90. The van der Waals surface area contributed by atoms with Crippen molar-refractivity contribution in [1.82, 2.24) is 9.88 Å². The van der Waals surface area contributed by atoms with Gasteiger partial charge < -0.3 is 5.73 Å². The summed E-state index contributed by atoms with van der Waals surface area (Å²) in [5.74, 6) is 0. The number of rotatable bonds is 4. The molecule has 17 heavy (non-hydrogen) atoms. The molecular weight excluding hydrogens is 210 g/mol. The van der Waals surface area contributed by atoms with E-state index >= 15 is 0 Å². The minimum Gasteiger partial charge on any atom is -0.329 e. The zero-order valence-electron chi connectivity index (χ0n) is 10.4. The molecule has 0 fully saturated rings. The van der Waals surface area contributed by atoms with Crippen molar-refractivity contribution in [3.05, 3.63) is 42.1 Å². The average molecular weight is 229 g/mol. The summed E-state index contributed by atoms with van der Waals surface area (Å²) in [4.78, 5) is 6.71. The molecule has 2 rings (SSSR count). The highest BCUT2D eigenvalue weighted by Gasteiger charge is 2.09. The van der Waals surface area contributed by atoms with Crippen molar-refractivity contribution in [3.8, 4) is 0 Å². The Balaban J connectivity index is 2.30. The van der Waals surface area contributed by atoms with Crippen molar-refractivity contribution in [2.75, 3.05) is 13.6 Å². The first kappa shape index (κ1) is 12.0. The van der Waals surface area contributed by atoms with Crippen molar-refractivity contribution in [2.24, 2.45) is 5.73 Å². The van der Waals surface area contributed by atoms with E-state index in [2.05, 4.69) is 48.1 Å². The summed E-state index contributed by atoms with van der Waals surface area (Å²) in [5.41, 5.74) is 8.03. The largest absolute Gasteiger partial charge is 0.329 e. The van der Waals surface area contributed by atoms with E-state index < -0.39 is 0 Å². The SMILES string of the molecule is CC(CN)N(C)Cc1cccc2cccnc12. The summed E-state index contributed by atoms with van der Waals surface area (Å²) < 4.78 is 0. The van der Waals surface area contributed by atoms with Crippen LogP contribution in [0, 0.1) is 0 Å². The van der Waals surface area contributed by atoms with E-state index in [0.29, 0.717) is 12.6 Å². The Hall–Kier alpha value is -1.45. The standard InChI is InChI=1S/C14H19N3/c1-11(9-15)17(2)10-13-6-3-5-12-7-4-8-16-14(12)13/h3-8,11H,9-10,15H2,1-2H3. The summed E-state index contributed by atoms with van der Waals surface area (Å²) in [6, 6.07) is 10.8. The molecule has 0 aliphatic rings. The molecule has 2 N–H and O–H groups in total. The first-order chi connectivity index (χ1) is 8.22. The number of hydrogen-bond donors (Lipinski definition) is 1. The number of para-hydroxylation sites is 1. The Morgan fingerprint density at radius 1 is 1.29 bits per heavy atom. The fraction of sp³-hybridized carbons (Fsp3) is 0.357. The van der Waals surface area contributed by atoms with Gasteiger partial charge in [-0.1, -0.05) is 24.3 Å². The van der Waals surface area contributed by atoms with E-state index in [1.54, 1.807) is 0 Å². The highest BCUT2D eigenvalue weighted by atomic mass is 15.1. The zero-order valence-corrected chi connectivity index (χ0v) is 10.4. The van der Waals surface area contributed by atoms with Crippen LogP contribution in [0.1, 0.15) is 12.5 Å². The van der Waals surface area contributed by atoms with Gasteiger partial charge in [0, 0.05) is 30.7 Å². The van der Waals surface area contributed by atoms with Gasteiger partial charge in [0.15, 0.2) is 0 Å². The lowest BCUT2D eigenvalue weighted by Crippen LogP contribution is -2.34. The Morgan fingerprint density at radius 2 is 2.06 bits per heavy atom. The molecule has 1 aromatic heterocycles. The maximum Gasteiger partial charge on any atom is 0.0746 e. The molecule has 2 aromatic rings. The second kappa shape index (κ2) is 5.25. The maximum atomic E-state index is 5.68. The third kappa shape index (κ3) is 2.62. The number of aromatic nitrogens is 1. The van der Waals surface area contributed by atoms with Crippen LogP contribution < -0.4 is 5.73 Å². The van der Waals surface area contributed by atoms with E-state index in [1.165, 1.54) is 10.9 Å². The highest BCUT2D eigenvalue weighted by molar-refractivity contribution is 5.81. The number of pyridine rings is 1. The van der Waals surface area contributed by atoms with Crippen LogP contribution in [0.3, 0.4) is 0 Å². The second-order valence-corrected chi connectivity index (χ2v) is 4.49. The van der Waals surface area contributed by atoms with Crippen LogP contribution >= 0.6 is 0 Å². The van der Waals surface area contributed by atoms with Gasteiger partial charge in [-0.2, -0.15) is 0 Å². The third-order valence-electron chi connectivity index (χ3n) is 3.23. The van der Waals surface area contributed by atoms with Gasteiger partial charge in [0.1, 0.15) is 0 Å². The molecule has 0 radical (unpaired) electrons. The molecule has 0 aliphatic carbocycles. The summed E-state index contributed by atoms with van der Waals surface area (Å²) in [7, 11) is 2.10. The molecule has 1 heterocycles. The summed E-state index contributed by atoms with van der Waals surface area (Å²) in [5, 5.41) is 1.19. The van der Waals surface area contributed by atoms with Gasteiger partial charge in [-0.25, -0.2) is 0 Å². The summed E-state index contributed by atoms with van der Waals surface area (Å²) in [6.07, 6.45) is 1.85. The van der Waals surface area contributed by atoms with E-state index in [1.807, 2.05) is 12.3 Å². The Bertz CT molecular complexity index is 490. The number of hydrogen-bond acceptors (Lipinski definition) is 3. The molecule has 0 bridgehead atoms. The molecule has 1 unspecified atom stereocenters. The van der Waals surface area contributed by atoms with Gasteiger partial charge in [-0.05, 0) is 25.6 Å². The van der Waals surface area contributed by atoms with Crippen LogP contribution in [0.5, 0.6) is 0 Å².